The Morgan fingerprint density at radius 2 is 1.84 bits per heavy atom. The molecule has 1 aromatic rings. The fourth-order valence-electron chi connectivity index (χ4n) is 3.49. The average molecular weight is 345 g/mol. The van der Waals surface area contributed by atoms with E-state index in [0.29, 0.717) is 19.4 Å². The Labute approximate surface area is 151 Å². The van der Waals surface area contributed by atoms with E-state index >= 15 is 0 Å². The third-order valence-corrected chi connectivity index (χ3v) is 5.14. The Hall–Kier alpha value is -1.87. The minimum atomic E-state index is 0.168. The lowest BCUT2D eigenvalue weighted by Crippen LogP contribution is -2.54. The third-order valence-electron chi connectivity index (χ3n) is 5.14. The smallest absolute Gasteiger partial charge is 0.222 e. The van der Waals surface area contributed by atoms with Crippen LogP contribution in [0.1, 0.15) is 50.6 Å². The van der Waals surface area contributed by atoms with Crippen LogP contribution in [0.15, 0.2) is 0 Å². The molecule has 2 rings (SSSR count). The number of carbonyl (C=O) groups excluding carboxylic acids is 1. The SMILES string of the molecule is Cc1nn(CCC#N)c(C)c1CCC(=O)N1CCN(C(C)(C)C)CC1. The first-order valence-corrected chi connectivity index (χ1v) is 9.16. The van der Waals surface area contributed by atoms with E-state index in [0.717, 1.165) is 49.6 Å². The van der Waals surface area contributed by atoms with Gasteiger partial charge in [0.05, 0.1) is 24.7 Å². The van der Waals surface area contributed by atoms with Gasteiger partial charge in [-0.25, -0.2) is 0 Å². The second-order valence-corrected chi connectivity index (χ2v) is 7.82. The van der Waals surface area contributed by atoms with Crippen molar-refractivity contribution in [3.63, 3.8) is 0 Å². The van der Waals surface area contributed by atoms with E-state index < -0.39 is 0 Å². The van der Waals surface area contributed by atoms with Gasteiger partial charge in [-0.1, -0.05) is 0 Å². The van der Waals surface area contributed by atoms with Crippen LogP contribution in [0.3, 0.4) is 0 Å². The van der Waals surface area contributed by atoms with Gasteiger partial charge < -0.3 is 4.90 Å². The summed E-state index contributed by atoms with van der Waals surface area (Å²) in [6.07, 6.45) is 1.71. The second-order valence-electron chi connectivity index (χ2n) is 7.82. The average Bonchev–Trinajstić information content (AvgIpc) is 2.83. The van der Waals surface area contributed by atoms with Crippen molar-refractivity contribution in [1.82, 2.24) is 19.6 Å². The summed E-state index contributed by atoms with van der Waals surface area (Å²) in [5, 5.41) is 13.2. The summed E-state index contributed by atoms with van der Waals surface area (Å²) in [5.74, 6) is 0.233. The molecule has 1 saturated heterocycles. The number of carbonyl (C=O) groups is 1. The van der Waals surface area contributed by atoms with Gasteiger partial charge in [-0.05, 0) is 46.6 Å². The van der Waals surface area contributed by atoms with Crippen LogP contribution in [0.25, 0.3) is 0 Å². The number of amides is 1. The maximum Gasteiger partial charge on any atom is 0.222 e. The van der Waals surface area contributed by atoms with Gasteiger partial charge in [0.2, 0.25) is 5.91 Å². The molecule has 0 radical (unpaired) electrons. The first-order valence-electron chi connectivity index (χ1n) is 9.16. The number of nitrogens with zero attached hydrogens (tertiary/aromatic N) is 5. The minimum absolute atomic E-state index is 0.168. The van der Waals surface area contributed by atoms with E-state index in [-0.39, 0.29) is 11.4 Å². The third kappa shape index (κ3) is 4.82. The topological polar surface area (TPSA) is 65.2 Å². The number of aromatic nitrogens is 2. The van der Waals surface area contributed by atoms with Gasteiger partial charge in [0.25, 0.3) is 0 Å². The fraction of sp³-hybridized carbons (Fsp3) is 0.737. The minimum Gasteiger partial charge on any atom is -0.340 e. The molecule has 25 heavy (non-hydrogen) atoms. The summed E-state index contributed by atoms with van der Waals surface area (Å²) in [7, 11) is 0. The van der Waals surface area contributed by atoms with Crippen molar-refractivity contribution in [2.24, 2.45) is 0 Å². The molecule has 0 spiro atoms. The largest absolute Gasteiger partial charge is 0.340 e. The molecule has 0 unspecified atom stereocenters. The second kappa shape index (κ2) is 8.01. The number of piperazine rings is 1. The van der Waals surface area contributed by atoms with Crippen molar-refractivity contribution >= 4 is 5.91 Å². The van der Waals surface area contributed by atoms with Crippen LogP contribution >= 0.6 is 0 Å². The van der Waals surface area contributed by atoms with Gasteiger partial charge >= 0.3 is 0 Å². The Balaban J connectivity index is 1.89. The van der Waals surface area contributed by atoms with Crippen molar-refractivity contribution < 1.29 is 4.79 Å². The number of hydrogen-bond acceptors (Lipinski definition) is 4. The van der Waals surface area contributed by atoms with Crippen molar-refractivity contribution in [1.29, 1.82) is 5.26 Å². The molecule has 1 aromatic heterocycles. The lowest BCUT2D eigenvalue weighted by molar-refractivity contribution is -0.133. The molecule has 0 saturated carbocycles. The monoisotopic (exact) mass is 345 g/mol. The first-order chi connectivity index (χ1) is 11.7. The summed E-state index contributed by atoms with van der Waals surface area (Å²) >= 11 is 0. The Morgan fingerprint density at radius 3 is 2.40 bits per heavy atom. The van der Waals surface area contributed by atoms with E-state index in [1.54, 1.807) is 0 Å². The molecule has 1 fully saturated rings. The van der Waals surface area contributed by atoms with Crippen LogP contribution < -0.4 is 0 Å². The van der Waals surface area contributed by atoms with E-state index in [2.05, 4.69) is 36.8 Å². The highest BCUT2D eigenvalue weighted by atomic mass is 16.2. The van der Waals surface area contributed by atoms with Gasteiger partial charge in [-0.15, -0.1) is 0 Å². The molecule has 1 aliphatic rings. The van der Waals surface area contributed by atoms with Gasteiger partial charge in [-0.2, -0.15) is 10.4 Å². The summed E-state index contributed by atoms with van der Waals surface area (Å²) in [5.41, 5.74) is 3.37. The number of hydrogen-bond donors (Lipinski definition) is 0. The van der Waals surface area contributed by atoms with Crippen LogP contribution in [-0.2, 0) is 17.8 Å². The van der Waals surface area contributed by atoms with Crippen LogP contribution in [0.4, 0.5) is 0 Å². The predicted molar refractivity (Wildman–Crippen MR) is 98.2 cm³/mol. The molecule has 0 aromatic carbocycles. The normalized spacial score (nSPS) is 16.1. The van der Waals surface area contributed by atoms with Gasteiger partial charge in [0, 0.05) is 43.8 Å². The highest BCUT2D eigenvalue weighted by Crippen LogP contribution is 2.18. The van der Waals surface area contributed by atoms with Crippen molar-refractivity contribution in [3.05, 3.63) is 17.0 Å². The Morgan fingerprint density at radius 1 is 1.20 bits per heavy atom. The zero-order valence-corrected chi connectivity index (χ0v) is 16.3. The van der Waals surface area contributed by atoms with Crippen LogP contribution in [0.5, 0.6) is 0 Å². The fourth-order valence-corrected chi connectivity index (χ4v) is 3.49. The van der Waals surface area contributed by atoms with E-state index in [9.17, 15) is 4.79 Å². The zero-order chi connectivity index (χ0) is 18.6. The zero-order valence-electron chi connectivity index (χ0n) is 16.3. The summed E-state index contributed by atoms with van der Waals surface area (Å²) in [6, 6.07) is 2.15. The maximum absolute atomic E-state index is 12.6. The summed E-state index contributed by atoms with van der Waals surface area (Å²) < 4.78 is 1.89. The van der Waals surface area contributed by atoms with Gasteiger partial charge in [0.1, 0.15) is 0 Å². The molecule has 2 heterocycles. The number of nitriles is 1. The molecule has 1 amide bonds. The number of rotatable bonds is 5. The molecular formula is C19H31N5O. The van der Waals surface area contributed by atoms with Crippen molar-refractivity contribution in [2.75, 3.05) is 26.2 Å². The molecule has 0 bridgehead atoms. The highest BCUT2D eigenvalue weighted by Gasteiger charge is 2.27. The Bertz CT molecular complexity index is 642. The Kier molecular flexibility index (Phi) is 6.23. The van der Waals surface area contributed by atoms with Crippen molar-refractivity contribution in [2.45, 2.75) is 66.0 Å². The number of aryl methyl sites for hydroxylation is 2. The predicted octanol–water partition coefficient (Wildman–Crippen LogP) is 2.29. The quantitative estimate of drug-likeness (QED) is 0.821. The molecule has 6 heteroatoms. The molecule has 6 nitrogen and oxygen atoms in total. The molecule has 1 aliphatic heterocycles. The van der Waals surface area contributed by atoms with Gasteiger partial charge in [-0.3, -0.25) is 14.4 Å². The maximum atomic E-state index is 12.6. The molecule has 0 N–H and O–H groups in total. The lowest BCUT2D eigenvalue weighted by Gasteiger charge is -2.42. The molecule has 138 valence electrons. The van der Waals surface area contributed by atoms with E-state index in [1.165, 1.54) is 0 Å². The lowest BCUT2D eigenvalue weighted by atomic mass is 10.0. The standard InChI is InChI=1S/C19H31N5O/c1-15-17(16(2)24(21-15)10-6-9-20)7-8-18(25)22-11-13-23(14-12-22)19(3,4)5/h6-8,10-14H2,1-5H3. The summed E-state index contributed by atoms with van der Waals surface area (Å²) in [6.45, 7) is 14.8. The molecule has 0 aliphatic carbocycles. The molecular weight excluding hydrogens is 314 g/mol. The van der Waals surface area contributed by atoms with Crippen LogP contribution in [-0.4, -0.2) is 57.2 Å². The van der Waals surface area contributed by atoms with Crippen molar-refractivity contribution in [3.8, 4) is 6.07 Å². The first kappa shape index (κ1) is 19.5. The summed E-state index contributed by atoms with van der Waals surface area (Å²) in [4.78, 5) is 17.0. The van der Waals surface area contributed by atoms with Crippen LogP contribution in [0.2, 0.25) is 0 Å². The van der Waals surface area contributed by atoms with Gasteiger partial charge in [0.15, 0.2) is 0 Å². The van der Waals surface area contributed by atoms with E-state index in [1.807, 2.05) is 23.4 Å². The van der Waals surface area contributed by atoms with Crippen LogP contribution in [0, 0.1) is 25.2 Å². The molecule has 0 atom stereocenters. The highest BCUT2D eigenvalue weighted by molar-refractivity contribution is 5.76. The van der Waals surface area contributed by atoms with E-state index in [4.69, 9.17) is 5.26 Å².